The fraction of sp³-hybridized carbons (Fsp3) is 0.667. The molecule has 0 spiro atoms. The number of alkyl halides is 3. The lowest BCUT2D eigenvalue weighted by Crippen LogP contribution is -2.57. The lowest BCUT2D eigenvalue weighted by Gasteiger charge is -2.42. The summed E-state index contributed by atoms with van der Waals surface area (Å²) in [4.78, 5) is 7.90. The molecule has 0 aromatic heterocycles. The number of nitrogens with one attached hydrogen (secondary N) is 1. The lowest BCUT2D eigenvalue weighted by atomic mass is 9.74. The molecule has 0 bridgehead atoms. The van der Waals surface area contributed by atoms with Gasteiger partial charge in [0.25, 0.3) is 0 Å². The summed E-state index contributed by atoms with van der Waals surface area (Å²) in [6.07, 6.45) is -2.46. The number of aliphatic imine (C=N–C) groups is 1. The summed E-state index contributed by atoms with van der Waals surface area (Å²) in [5.41, 5.74) is 1.05. The molecule has 0 radical (unpaired) electrons. The van der Waals surface area contributed by atoms with Crippen molar-refractivity contribution in [3.8, 4) is 0 Å². The molecule has 0 amide bonds. The second-order valence-electron chi connectivity index (χ2n) is 8.04. The summed E-state index contributed by atoms with van der Waals surface area (Å²) in [5, 5.41) is 4.18. The number of benzene rings is 1. The second-order valence-corrected chi connectivity index (χ2v) is 8.48. The Balaban J connectivity index is 0.00000341. The van der Waals surface area contributed by atoms with Gasteiger partial charge in [-0.2, -0.15) is 13.2 Å². The van der Waals surface area contributed by atoms with Gasteiger partial charge in [0.2, 0.25) is 0 Å². The first-order chi connectivity index (χ1) is 14.2. The molecule has 2 fully saturated rings. The van der Waals surface area contributed by atoms with Crippen LogP contribution in [0.5, 0.6) is 0 Å². The molecule has 1 N–H and O–H groups in total. The van der Waals surface area contributed by atoms with Gasteiger partial charge >= 0.3 is 6.18 Å². The quantitative estimate of drug-likeness (QED) is 0.333. The van der Waals surface area contributed by atoms with Crippen LogP contribution in [0.2, 0.25) is 5.02 Å². The Morgan fingerprint density at radius 2 is 1.87 bits per heavy atom. The molecule has 2 heterocycles. The molecule has 3 rings (SSSR count). The highest BCUT2D eigenvalue weighted by Gasteiger charge is 2.41. The largest absolute Gasteiger partial charge is 0.403 e. The smallest absolute Gasteiger partial charge is 0.381 e. The van der Waals surface area contributed by atoms with Crippen molar-refractivity contribution in [3.63, 3.8) is 0 Å². The molecule has 2 aliphatic heterocycles. The van der Waals surface area contributed by atoms with Gasteiger partial charge in [-0.05, 0) is 37.5 Å². The van der Waals surface area contributed by atoms with E-state index in [1.807, 2.05) is 23.1 Å². The number of nitrogens with zero attached hydrogens (tertiary/aromatic N) is 3. The molecular formula is C21H31ClF3IN4O. The summed E-state index contributed by atoms with van der Waals surface area (Å²) >= 11 is 6.24. The number of hydrogen-bond acceptors (Lipinski definition) is 3. The summed E-state index contributed by atoms with van der Waals surface area (Å²) in [6, 6.07) is 6.51. The number of rotatable bonds is 4. The summed E-state index contributed by atoms with van der Waals surface area (Å²) in [7, 11) is 1.71. The Bertz CT molecular complexity index is 736. The Morgan fingerprint density at radius 3 is 2.42 bits per heavy atom. The molecule has 0 saturated carbocycles. The van der Waals surface area contributed by atoms with Crippen LogP contribution in [-0.2, 0) is 10.2 Å². The summed E-state index contributed by atoms with van der Waals surface area (Å²) in [6.45, 7) is 4.98. The van der Waals surface area contributed by atoms with Crippen molar-refractivity contribution < 1.29 is 17.9 Å². The topological polar surface area (TPSA) is 40.1 Å². The zero-order valence-corrected chi connectivity index (χ0v) is 21.0. The predicted molar refractivity (Wildman–Crippen MR) is 129 cm³/mol. The molecule has 2 aliphatic rings. The van der Waals surface area contributed by atoms with Gasteiger partial charge in [0, 0.05) is 63.4 Å². The van der Waals surface area contributed by atoms with E-state index in [4.69, 9.17) is 16.3 Å². The normalized spacial score (nSPS) is 21.4. The van der Waals surface area contributed by atoms with Crippen molar-refractivity contribution in [1.29, 1.82) is 0 Å². The van der Waals surface area contributed by atoms with Crippen LogP contribution in [-0.4, -0.2) is 81.0 Å². The third-order valence-corrected chi connectivity index (χ3v) is 6.55. The molecule has 1 aromatic carbocycles. The second kappa shape index (κ2) is 11.4. The molecule has 2 saturated heterocycles. The number of halogens is 5. The Kier molecular flexibility index (Phi) is 9.72. The molecule has 1 atom stereocenters. The number of ether oxygens (including phenoxy) is 1. The van der Waals surface area contributed by atoms with Crippen LogP contribution in [0.25, 0.3) is 0 Å². The average molecular weight is 575 g/mol. The van der Waals surface area contributed by atoms with Gasteiger partial charge < -0.3 is 15.0 Å². The van der Waals surface area contributed by atoms with Gasteiger partial charge in [-0.15, -0.1) is 24.0 Å². The molecule has 0 aliphatic carbocycles. The maximum Gasteiger partial charge on any atom is 0.403 e. The van der Waals surface area contributed by atoms with Gasteiger partial charge in [0.1, 0.15) is 6.04 Å². The fourth-order valence-electron chi connectivity index (χ4n) is 4.26. The van der Waals surface area contributed by atoms with Crippen LogP contribution in [0.15, 0.2) is 29.3 Å². The summed E-state index contributed by atoms with van der Waals surface area (Å²) < 4.78 is 44.6. The SMILES string of the molecule is CN=C(NCC1(c2cccc(Cl)c2)CCOCC1)N1CCN(C(C)C(F)(F)F)CC1.I. The average Bonchev–Trinajstić information content (AvgIpc) is 2.74. The minimum Gasteiger partial charge on any atom is -0.381 e. The molecular weight excluding hydrogens is 544 g/mol. The van der Waals surface area contributed by atoms with Crippen LogP contribution in [0, 0.1) is 0 Å². The van der Waals surface area contributed by atoms with Crippen molar-refractivity contribution >= 4 is 41.5 Å². The highest BCUT2D eigenvalue weighted by atomic mass is 127. The van der Waals surface area contributed by atoms with Crippen molar-refractivity contribution in [3.05, 3.63) is 34.9 Å². The number of guanidine groups is 1. The van der Waals surface area contributed by atoms with Crippen LogP contribution >= 0.6 is 35.6 Å². The van der Waals surface area contributed by atoms with E-state index in [1.54, 1.807) is 7.05 Å². The first-order valence-electron chi connectivity index (χ1n) is 10.4. The van der Waals surface area contributed by atoms with E-state index in [0.717, 1.165) is 18.8 Å². The van der Waals surface area contributed by atoms with E-state index < -0.39 is 12.2 Å². The molecule has 10 heteroatoms. The number of hydrogen-bond donors (Lipinski definition) is 1. The maximum atomic E-state index is 13.0. The van der Waals surface area contributed by atoms with E-state index in [1.165, 1.54) is 17.4 Å². The third-order valence-electron chi connectivity index (χ3n) is 6.32. The van der Waals surface area contributed by atoms with Gasteiger partial charge in [0.05, 0.1) is 0 Å². The van der Waals surface area contributed by atoms with Crippen LogP contribution in [0.3, 0.4) is 0 Å². The third kappa shape index (κ3) is 6.61. The highest BCUT2D eigenvalue weighted by molar-refractivity contribution is 14.0. The molecule has 1 unspecified atom stereocenters. The van der Waals surface area contributed by atoms with Gasteiger partial charge in [-0.1, -0.05) is 23.7 Å². The molecule has 1 aromatic rings. The zero-order chi connectivity index (χ0) is 21.8. The van der Waals surface area contributed by atoms with E-state index in [-0.39, 0.29) is 29.4 Å². The van der Waals surface area contributed by atoms with Crippen molar-refractivity contribution in [2.75, 3.05) is 53.0 Å². The van der Waals surface area contributed by atoms with Crippen LogP contribution < -0.4 is 5.32 Å². The maximum absolute atomic E-state index is 13.0. The molecule has 5 nitrogen and oxygen atoms in total. The van der Waals surface area contributed by atoms with Crippen LogP contribution in [0.4, 0.5) is 13.2 Å². The lowest BCUT2D eigenvalue weighted by molar-refractivity contribution is -0.181. The Morgan fingerprint density at radius 1 is 1.23 bits per heavy atom. The van der Waals surface area contributed by atoms with Crippen molar-refractivity contribution in [2.45, 2.75) is 37.4 Å². The van der Waals surface area contributed by atoms with Crippen molar-refractivity contribution in [1.82, 2.24) is 15.1 Å². The minimum absolute atomic E-state index is 0. The van der Waals surface area contributed by atoms with Gasteiger partial charge in [0.15, 0.2) is 5.96 Å². The van der Waals surface area contributed by atoms with Crippen molar-refractivity contribution in [2.24, 2.45) is 4.99 Å². The first kappa shape index (κ1) is 26.5. The number of piperazine rings is 1. The van der Waals surface area contributed by atoms with Gasteiger partial charge in [-0.25, -0.2) is 0 Å². The van der Waals surface area contributed by atoms with Crippen LogP contribution in [0.1, 0.15) is 25.3 Å². The minimum atomic E-state index is -4.20. The molecule has 176 valence electrons. The van der Waals surface area contributed by atoms with E-state index >= 15 is 0 Å². The fourth-order valence-corrected chi connectivity index (χ4v) is 4.45. The van der Waals surface area contributed by atoms with E-state index in [2.05, 4.69) is 16.4 Å². The monoisotopic (exact) mass is 574 g/mol. The Labute approximate surface area is 204 Å². The van der Waals surface area contributed by atoms with E-state index in [0.29, 0.717) is 51.0 Å². The standard InChI is InChI=1S/C21H30ClF3N4O.HI/c1-16(21(23,24)25)28-8-10-29(11-9-28)19(26-2)27-15-20(6-12-30-13-7-20)17-4-3-5-18(22)14-17;/h3-5,14,16H,6-13,15H2,1-2H3,(H,26,27);1H. The van der Waals surface area contributed by atoms with E-state index in [9.17, 15) is 13.2 Å². The first-order valence-corrected chi connectivity index (χ1v) is 10.7. The molecule has 31 heavy (non-hydrogen) atoms. The summed E-state index contributed by atoms with van der Waals surface area (Å²) in [5.74, 6) is 0.724. The zero-order valence-electron chi connectivity index (χ0n) is 17.9. The Hall–Kier alpha value is -0.780. The highest BCUT2D eigenvalue weighted by Crippen LogP contribution is 2.35. The van der Waals surface area contributed by atoms with Gasteiger partial charge in [-0.3, -0.25) is 9.89 Å². The predicted octanol–water partition coefficient (Wildman–Crippen LogP) is 4.15.